The Balaban J connectivity index is 1.60. The van der Waals surface area contributed by atoms with Crippen molar-refractivity contribution in [3.8, 4) is 5.75 Å². The van der Waals surface area contributed by atoms with E-state index in [-0.39, 0.29) is 31.6 Å². The summed E-state index contributed by atoms with van der Waals surface area (Å²) in [6.45, 7) is -0.171. The molecule has 4 rings (SSSR count). The van der Waals surface area contributed by atoms with E-state index in [1.807, 2.05) is 0 Å². The molecule has 1 aliphatic carbocycles. The molecule has 17 heteroatoms. The first-order chi connectivity index (χ1) is 22.6. The highest BCUT2D eigenvalue weighted by Gasteiger charge is 2.47. The number of fused-ring (bicyclic) bond motifs is 1. The predicted molar refractivity (Wildman–Crippen MR) is 170 cm³/mol. The summed E-state index contributed by atoms with van der Waals surface area (Å²) in [4.78, 5) is 82.5. The highest BCUT2D eigenvalue weighted by Crippen LogP contribution is 2.37. The summed E-state index contributed by atoms with van der Waals surface area (Å²) in [6, 6.07) is 16.3. The fourth-order valence-electron chi connectivity index (χ4n) is 5.25. The van der Waals surface area contributed by atoms with Crippen LogP contribution in [0.1, 0.15) is 28.7 Å². The molecule has 0 saturated heterocycles. The van der Waals surface area contributed by atoms with Gasteiger partial charge in [-0.05, 0) is 46.5 Å². The molecular weight excluding hydrogens is 647 g/mol. The summed E-state index contributed by atoms with van der Waals surface area (Å²) in [5.41, 5.74) is 17.7. The van der Waals surface area contributed by atoms with E-state index in [2.05, 4.69) is 20.5 Å². The zero-order chi connectivity index (χ0) is 35.1. The third kappa shape index (κ3) is 9.78. The second-order valence-electron chi connectivity index (χ2n) is 11.2. The Morgan fingerprint density at radius 2 is 1.50 bits per heavy atom. The van der Waals surface area contributed by atoms with Crippen LogP contribution in [0, 0.1) is 0 Å². The van der Waals surface area contributed by atoms with Crippen LogP contribution in [-0.4, -0.2) is 57.1 Å². The van der Waals surface area contributed by atoms with E-state index in [0.717, 1.165) is 11.1 Å². The SMILES string of the molecule is NC(=O)C[C@H](NC(=O)C1(NC(=O)[C@H](Cc2ccc(OP(=O)(O)O)cc2)NC(=O)OCc2cccc(N)c2)Cc2ccccc2C1)C(N)=O. The normalized spacial score (nSPS) is 14.5. The van der Waals surface area contributed by atoms with Crippen LogP contribution in [0.3, 0.4) is 0 Å². The van der Waals surface area contributed by atoms with Gasteiger partial charge in [0.05, 0.1) is 6.42 Å². The fourth-order valence-corrected chi connectivity index (χ4v) is 5.64. The smallest absolute Gasteiger partial charge is 0.445 e. The van der Waals surface area contributed by atoms with Crippen molar-refractivity contribution in [3.05, 3.63) is 95.1 Å². The first kappa shape index (κ1) is 35.4. The molecule has 5 amide bonds. The highest BCUT2D eigenvalue weighted by atomic mass is 31.2. The molecule has 0 bridgehead atoms. The van der Waals surface area contributed by atoms with Gasteiger partial charge in [0.1, 0.15) is 30.0 Å². The van der Waals surface area contributed by atoms with Crippen LogP contribution in [0.2, 0.25) is 0 Å². The number of amides is 5. The van der Waals surface area contributed by atoms with Gasteiger partial charge in [-0.15, -0.1) is 0 Å². The van der Waals surface area contributed by atoms with Gasteiger partial charge in [0.2, 0.25) is 23.6 Å². The Hall–Kier alpha value is -5.44. The number of carbonyl (C=O) groups is 5. The number of phosphoric ester groups is 1. The monoisotopic (exact) mass is 682 g/mol. The lowest BCUT2D eigenvalue weighted by Gasteiger charge is -2.32. The highest BCUT2D eigenvalue weighted by molar-refractivity contribution is 7.46. The first-order valence-corrected chi connectivity index (χ1v) is 16.0. The molecule has 0 unspecified atom stereocenters. The molecule has 0 heterocycles. The Morgan fingerprint density at radius 1 is 0.854 bits per heavy atom. The second-order valence-corrected chi connectivity index (χ2v) is 12.4. The number of hydrogen-bond acceptors (Lipinski definition) is 9. The minimum atomic E-state index is -4.82. The molecule has 16 nitrogen and oxygen atoms in total. The lowest BCUT2D eigenvalue weighted by atomic mass is 9.92. The average molecular weight is 683 g/mol. The van der Waals surface area contributed by atoms with Gasteiger partial charge in [-0.25, -0.2) is 9.36 Å². The number of hydrogen-bond donors (Lipinski definition) is 8. The van der Waals surface area contributed by atoms with Crippen LogP contribution in [0.5, 0.6) is 5.75 Å². The molecule has 0 aliphatic heterocycles. The van der Waals surface area contributed by atoms with Crippen LogP contribution >= 0.6 is 7.82 Å². The number of primary amides is 2. The number of nitrogens with two attached hydrogens (primary N) is 3. The van der Waals surface area contributed by atoms with Crippen molar-refractivity contribution < 1.29 is 47.6 Å². The van der Waals surface area contributed by atoms with Crippen molar-refractivity contribution in [2.24, 2.45) is 11.5 Å². The number of nitrogens with one attached hydrogen (secondary N) is 3. The largest absolute Gasteiger partial charge is 0.524 e. The molecule has 3 aromatic rings. The van der Waals surface area contributed by atoms with E-state index in [0.29, 0.717) is 16.8 Å². The summed E-state index contributed by atoms with van der Waals surface area (Å²) in [5.74, 6) is -3.64. The quantitative estimate of drug-likeness (QED) is 0.0832. The minimum absolute atomic E-state index is 0.00378. The third-order valence-corrected chi connectivity index (χ3v) is 7.92. The zero-order valence-corrected chi connectivity index (χ0v) is 26.4. The van der Waals surface area contributed by atoms with Crippen molar-refractivity contribution in [1.82, 2.24) is 16.0 Å². The molecule has 0 fully saturated rings. The molecule has 11 N–H and O–H groups in total. The molecule has 2 atom stereocenters. The molecule has 3 aromatic carbocycles. The standard InChI is InChI=1S/C31H35N6O10P/c32-22-7-3-4-19(12-22)17-46-30(42)36-25(13-18-8-10-23(11-9-18)47-48(43,44)45)28(40)37-31(15-20-5-1-2-6-21(20)16-31)29(41)35-24(27(34)39)14-26(33)38/h1-12,24-25H,13-17,32H2,(H2,33,38)(H2,34,39)(H,35,41)(H,36,42)(H,37,40)(H2,43,44,45)/t24-,25-/m0/s1. The van der Waals surface area contributed by atoms with E-state index in [1.54, 1.807) is 48.5 Å². The molecule has 254 valence electrons. The number of alkyl carbamates (subject to hydrolysis) is 1. The Bertz CT molecular complexity index is 1720. The molecular formula is C31H35N6O10P. The number of carbonyl (C=O) groups excluding carboxylic acids is 5. The third-order valence-electron chi connectivity index (χ3n) is 7.47. The van der Waals surface area contributed by atoms with E-state index in [1.165, 1.54) is 24.3 Å². The topological polar surface area (TPSA) is 275 Å². The van der Waals surface area contributed by atoms with Crippen molar-refractivity contribution >= 4 is 43.2 Å². The second kappa shape index (κ2) is 15.0. The molecule has 1 aliphatic rings. The lowest BCUT2D eigenvalue weighted by molar-refractivity contribution is -0.136. The zero-order valence-electron chi connectivity index (χ0n) is 25.5. The van der Waals surface area contributed by atoms with Crippen molar-refractivity contribution in [2.45, 2.75) is 49.9 Å². The summed E-state index contributed by atoms with van der Waals surface area (Å²) in [7, 11) is -4.82. The van der Waals surface area contributed by atoms with Crippen LogP contribution in [0.25, 0.3) is 0 Å². The van der Waals surface area contributed by atoms with E-state index < -0.39 is 61.6 Å². The number of anilines is 1. The number of rotatable bonds is 14. The van der Waals surface area contributed by atoms with Gasteiger partial charge in [-0.1, -0.05) is 48.5 Å². The Kier molecular flexibility index (Phi) is 11.1. The maximum atomic E-state index is 14.0. The predicted octanol–water partition coefficient (Wildman–Crippen LogP) is 0.0771. The Morgan fingerprint density at radius 3 is 2.06 bits per heavy atom. The summed E-state index contributed by atoms with van der Waals surface area (Å²) < 4.78 is 21.1. The average Bonchev–Trinajstić information content (AvgIpc) is 3.38. The first-order valence-electron chi connectivity index (χ1n) is 14.5. The summed E-state index contributed by atoms with van der Waals surface area (Å²) >= 11 is 0. The van der Waals surface area contributed by atoms with E-state index >= 15 is 0 Å². The van der Waals surface area contributed by atoms with E-state index in [4.69, 9.17) is 31.7 Å². The van der Waals surface area contributed by atoms with Gasteiger partial charge >= 0.3 is 13.9 Å². The van der Waals surface area contributed by atoms with Crippen LogP contribution in [0.4, 0.5) is 10.5 Å². The molecule has 0 aromatic heterocycles. The molecule has 48 heavy (non-hydrogen) atoms. The van der Waals surface area contributed by atoms with Gasteiger partial charge in [0.25, 0.3) is 0 Å². The minimum Gasteiger partial charge on any atom is -0.445 e. The van der Waals surface area contributed by atoms with Crippen molar-refractivity contribution in [3.63, 3.8) is 0 Å². The van der Waals surface area contributed by atoms with Gasteiger partial charge in [-0.3, -0.25) is 29.0 Å². The lowest BCUT2D eigenvalue weighted by Crippen LogP contribution is -2.65. The number of benzene rings is 3. The molecule has 0 spiro atoms. The Labute approximate surface area is 274 Å². The maximum absolute atomic E-state index is 14.0. The molecule has 0 radical (unpaired) electrons. The van der Waals surface area contributed by atoms with Crippen LogP contribution in [-0.2, 0) is 54.3 Å². The number of phosphoric acid groups is 1. The van der Waals surface area contributed by atoms with Gasteiger partial charge in [0.15, 0.2) is 0 Å². The molecule has 0 saturated carbocycles. The number of nitrogen functional groups attached to an aromatic ring is 1. The van der Waals surface area contributed by atoms with Gasteiger partial charge in [-0.2, -0.15) is 0 Å². The van der Waals surface area contributed by atoms with Gasteiger partial charge < -0.3 is 42.4 Å². The van der Waals surface area contributed by atoms with Crippen LogP contribution < -0.4 is 37.7 Å². The maximum Gasteiger partial charge on any atom is 0.524 e. The summed E-state index contributed by atoms with van der Waals surface area (Å²) in [6.07, 6.45) is -1.69. The van der Waals surface area contributed by atoms with Crippen LogP contribution in [0.15, 0.2) is 72.8 Å². The van der Waals surface area contributed by atoms with E-state index in [9.17, 15) is 28.5 Å². The van der Waals surface area contributed by atoms with Crippen molar-refractivity contribution in [2.75, 3.05) is 5.73 Å². The van der Waals surface area contributed by atoms with Crippen molar-refractivity contribution in [1.29, 1.82) is 0 Å². The fraction of sp³-hybridized carbons (Fsp3) is 0.258. The number of ether oxygens (including phenoxy) is 1. The summed E-state index contributed by atoms with van der Waals surface area (Å²) in [5, 5.41) is 7.70. The van der Waals surface area contributed by atoms with Gasteiger partial charge in [0, 0.05) is 24.9 Å².